The molecule has 0 aromatic heterocycles. The largest absolute Gasteiger partial charge is 0.494 e. The zero-order valence-corrected chi connectivity index (χ0v) is 8.66. The average molecular weight is 195 g/mol. The number of benzene rings is 1. The van der Waals surface area contributed by atoms with Gasteiger partial charge in [-0.1, -0.05) is 18.2 Å². The first kappa shape index (κ1) is 11.0. The Kier molecular flexibility index (Phi) is 4.43. The molecule has 0 radical (unpaired) electrons. The van der Waals surface area contributed by atoms with Crippen LogP contribution in [0.1, 0.15) is 18.5 Å². The highest BCUT2D eigenvalue weighted by Gasteiger charge is 2.12. The summed E-state index contributed by atoms with van der Waals surface area (Å²) in [6, 6.07) is 7.69. The Morgan fingerprint density at radius 3 is 2.71 bits per heavy atom. The molecule has 0 saturated carbocycles. The van der Waals surface area contributed by atoms with Gasteiger partial charge in [-0.3, -0.25) is 0 Å². The lowest BCUT2D eigenvalue weighted by Crippen LogP contribution is -2.20. The Balaban J connectivity index is 2.92. The van der Waals surface area contributed by atoms with Crippen molar-refractivity contribution < 1.29 is 9.84 Å². The van der Waals surface area contributed by atoms with Crippen LogP contribution in [-0.4, -0.2) is 25.4 Å². The lowest BCUT2D eigenvalue weighted by molar-refractivity contribution is 0.245. The first-order valence-electron chi connectivity index (χ1n) is 4.83. The van der Waals surface area contributed by atoms with Crippen LogP contribution < -0.4 is 10.1 Å². The number of aliphatic hydroxyl groups is 1. The first-order chi connectivity index (χ1) is 6.83. The SMILES string of the molecule is CCOc1ccccc1[C@@H](CO)NC. The number of hydrogen-bond acceptors (Lipinski definition) is 3. The fraction of sp³-hybridized carbons (Fsp3) is 0.455. The Labute approximate surface area is 84.7 Å². The smallest absolute Gasteiger partial charge is 0.124 e. The second kappa shape index (κ2) is 5.62. The third kappa shape index (κ3) is 2.47. The highest BCUT2D eigenvalue weighted by molar-refractivity contribution is 5.35. The number of aliphatic hydroxyl groups excluding tert-OH is 1. The van der Waals surface area contributed by atoms with Gasteiger partial charge in [0.1, 0.15) is 5.75 Å². The third-order valence-corrected chi connectivity index (χ3v) is 2.13. The fourth-order valence-electron chi connectivity index (χ4n) is 1.40. The van der Waals surface area contributed by atoms with Crippen molar-refractivity contribution >= 4 is 0 Å². The normalized spacial score (nSPS) is 12.5. The quantitative estimate of drug-likeness (QED) is 0.745. The second-order valence-corrected chi connectivity index (χ2v) is 2.99. The zero-order chi connectivity index (χ0) is 10.4. The second-order valence-electron chi connectivity index (χ2n) is 2.99. The van der Waals surface area contributed by atoms with Gasteiger partial charge in [-0.05, 0) is 20.0 Å². The van der Waals surface area contributed by atoms with E-state index in [4.69, 9.17) is 9.84 Å². The summed E-state index contributed by atoms with van der Waals surface area (Å²) in [6.45, 7) is 2.66. The van der Waals surface area contributed by atoms with Gasteiger partial charge in [-0.25, -0.2) is 0 Å². The Morgan fingerprint density at radius 2 is 2.14 bits per heavy atom. The van der Waals surface area contributed by atoms with E-state index in [1.807, 2.05) is 38.2 Å². The summed E-state index contributed by atoms with van der Waals surface area (Å²) >= 11 is 0. The standard InChI is InChI=1S/C11H17NO2/c1-3-14-11-7-5-4-6-9(11)10(8-13)12-2/h4-7,10,12-13H,3,8H2,1-2H3/t10-/m1/s1. The molecule has 0 saturated heterocycles. The van der Waals surface area contributed by atoms with Gasteiger partial charge in [0, 0.05) is 5.56 Å². The zero-order valence-electron chi connectivity index (χ0n) is 8.66. The summed E-state index contributed by atoms with van der Waals surface area (Å²) in [5.41, 5.74) is 0.999. The van der Waals surface area contributed by atoms with E-state index in [0.717, 1.165) is 11.3 Å². The molecule has 1 atom stereocenters. The molecule has 0 spiro atoms. The number of hydrogen-bond donors (Lipinski definition) is 2. The maximum absolute atomic E-state index is 9.15. The van der Waals surface area contributed by atoms with Crippen LogP contribution in [0.4, 0.5) is 0 Å². The van der Waals surface area contributed by atoms with Gasteiger partial charge in [-0.2, -0.15) is 0 Å². The van der Waals surface area contributed by atoms with Gasteiger partial charge in [-0.15, -0.1) is 0 Å². The molecule has 0 bridgehead atoms. The minimum atomic E-state index is -0.0576. The molecule has 0 heterocycles. The van der Waals surface area contributed by atoms with Crippen molar-refractivity contribution in [3.05, 3.63) is 29.8 Å². The monoisotopic (exact) mass is 195 g/mol. The third-order valence-electron chi connectivity index (χ3n) is 2.13. The highest BCUT2D eigenvalue weighted by Crippen LogP contribution is 2.24. The van der Waals surface area contributed by atoms with E-state index in [1.165, 1.54) is 0 Å². The minimum Gasteiger partial charge on any atom is -0.494 e. The number of ether oxygens (including phenoxy) is 1. The van der Waals surface area contributed by atoms with Crippen LogP contribution in [0.25, 0.3) is 0 Å². The van der Waals surface area contributed by atoms with Crippen molar-refractivity contribution in [3.8, 4) is 5.75 Å². The molecule has 2 N–H and O–H groups in total. The Morgan fingerprint density at radius 1 is 1.43 bits per heavy atom. The maximum atomic E-state index is 9.15. The van der Waals surface area contributed by atoms with Crippen molar-refractivity contribution in [3.63, 3.8) is 0 Å². The topological polar surface area (TPSA) is 41.5 Å². The Hall–Kier alpha value is -1.06. The van der Waals surface area contributed by atoms with Crippen molar-refractivity contribution in [1.82, 2.24) is 5.32 Å². The molecule has 1 aromatic rings. The van der Waals surface area contributed by atoms with Crippen LogP contribution in [0, 0.1) is 0 Å². The van der Waals surface area contributed by atoms with E-state index >= 15 is 0 Å². The predicted octanol–water partition coefficient (Wildman–Crippen LogP) is 1.34. The van der Waals surface area contributed by atoms with Crippen LogP contribution >= 0.6 is 0 Å². The lowest BCUT2D eigenvalue weighted by atomic mass is 10.1. The molecule has 0 aliphatic heterocycles. The molecular formula is C11H17NO2. The fourth-order valence-corrected chi connectivity index (χ4v) is 1.40. The summed E-state index contributed by atoms with van der Waals surface area (Å²) < 4.78 is 5.47. The molecule has 78 valence electrons. The van der Waals surface area contributed by atoms with Crippen LogP contribution in [-0.2, 0) is 0 Å². The number of para-hydroxylation sites is 1. The molecule has 0 aliphatic rings. The summed E-state index contributed by atoms with van der Waals surface area (Å²) in [7, 11) is 1.82. The van der Waals surface area contributed by atoms with E-state index in [-0.39, 0.29) is 12.6 Å². The summed E-state index contributed by atoms with van der Waals surface area (Å²) in [4.78, 5) is 0. The molecule has 3 heteroatoms. The predicted molar refractivity (Wildman–Crippen MR) is 56.5 cm³/mol. The van der Waals surface area contributed by atoms with Gasteiger partial charge in [0.2, 0.25) is 0 Å². The first-order valence-corrected chi connectivity index (χ1v) is 4.83. The summed E-state index contributed by atoms with van der Waals surface area (Å²) in [5.74, 6) is 0.836. The molecule has 0 aliphatic carbocycles. The molecule has 1 aromatic carbocycles. The molecular weight excluding hydrogens is 178 g/mol. The van der Waals surface area contributed by atoms with Gasteiger partial charge in [0.05, 0.1) is 19.3 Å². The number of rotatable bonds is 5. The highest BCUT2D eigenvalue weighted by atomic mass is 16.5. The molecule has 0 fully saturated rings. The van der Waals surface area contributed by atoms with E-state index in [0.29, 0.717) is 6.61 Å². The van der Waals surface area contributed by atoms with Gasteiger partial charge < -0.3 is 15.2 Å². The van der Waals surface area contributed by atoms with Crippen LogP contribution in [0.15, 0.2) is 24.3 Å². The van der Waals surface area contributed by atoms with E-state index < -0.39 is 0 Å². The van der Waals surface area contributed by atoms with E-state index in [9.17, 15) is 0 Å². The summed E-state index contributed by atoms with van der Waals surface area (Å²) in [6.07, 6.45) is 0. The van der Waals surface area contributed by atoms with Crippen molar-refractivity contribution in [1.29, 1.82) is 0 Å². The van der Waals surface area contributed by atoms with Crippen molar-refractivity contribution in [2.45, 2.75) is 13.0 Å². The van der Waals surface area contributed by atoms with Crippen molar-refractivity contribution in [2.24, 2.45) is 0 Å². The van der Waals surface area contributed by atoms with Gasteiger partial charge >= 0.3 is 0 Å². The van der Waals surface area contributed by atoms with Gasteiger partial charge in [0.25, 0.3) is 0 Å². The van der Waals surface area contributed by atoms with Crippen LogP contribution in [0.3, 0.4) is 0 Å². The number of likely N-dealkylation sites (N-methyl/N-ethyl adjacent to an activating group) is 1. The minimum absolute atomic E-state index is 0.0576. The Bertz CT molecular complexity index is 272. The molecule has 1 rings (SSSR count). The van der Waals surface area contributed by atoms with Gasteiger partial charge in [0.15, 0.2) is 0 Å². The molecule has 0 amide bonds. The molecule has 0 unspecified atom stereocenters. The maximum Gasteiger partial charge on any atom is 0.124 e. The summed E-state index contributed by atoms with van der Waals surface area (Å²) in [5, 5.41) is 12.2. The number of nitrogens with one attached hydrogen (secondary N) is 1. The van der Waals surface area contributed by atoms with Crippen LogP contribution in [0.5, 0.6) is 5.75 Å². The lowest BCUT2D eigenvalue weighted by Gasteiger charge is -2.17. The van der Waals surface area contributed by atoms with E-state index in [1.54, 1.807) is 0 Å². The van der Waals surface area contributed by atoms with Crippen molar-refractivity contribution in [2.75, 3.05) is 20.3 Å². The van der Waals surface area contributed by atoms with E-state index in [2.05, 4.69) is 5.32 Å². The molecule has 3 nitrogen and oxygen atoms in total. The average Bonchev–Trinajstić information content (AvgIpc) is 2.23. The molecule has 14 heavy (non-hydrogen) atoms. The van der Waals surface area contributed by atoms with Crippen LogP contribution in [0.2, 0.25) is 0 Å².